The molecule has 12 nitrogen and oxygen atoms in total. The fourth-order valence-electron chi connectivity index (χ4n) is 9.74. The third-order valence-corrected chi connectivity index (χ3v) is 12.7. The van der Waals surface area contributed by atoms with Gasteiger partial charge in [0.05, 0.1) is 11.1 Å². The SMILES string of the molecule is CC(OC(=O)C(=O)OC(C)c1ccc(C(C)ON2C(C)(C)CC(OC(=O)c3ccccc3)CC2(C)C)cc1)c1ccc(C(C)ON2C(C)(C)CC(OC(=O)c3ccccc3)CC2(C)C)cc1. The summed E-state index contributed by atoms with van der Waals surface area (Å²) in [4.78, 5) is 64.9. The number of hydrogen-bond donors (Lipinski definition) is 0. The minimum absolute atomic E-state index is 0.270. The van der Waals surface area contributed by atoms with Crippen LogP contribution in [-0.4, -0.2) is 68.4 Å². The largest absolute Gasteiger partial charge is 0.459 e. The number of rotatable bonds is 14. The van der Waals surface area contributed by atoms with Crippen molar-refractivity contribution in [2.24, 2.45) is 0 Å². The fraction of sp³-hybridized carbons (Fsp3) is 0.481. The summed E-state index contributed by atoms with van der Waals surface area (Å²) in [6.07, 6.45) is -0.205. The van der Waals surface area contributed by atoms with E-state index in [1.54, 1.807) is 38.1 Å². The molecule has 4 aromatic rings. The molecule has 0 radical (unpaired) electrons. The molecule has 0 amide bonds. The summed E-state index contributed by atoms with van der Waals surface area (Å²) in [6.45, 7) is 24.1. The van der Waals surface area contributed by atoms with Crippen LogP contribution in [0.1, 0.15) is 176 Å². The lowest BCUT2D eigenvalue weighted by molar-refractivity contribution is -0.313. The van der Waals surface area contributed by atoms with Gasteiger partial charge in [0.1, 0.15) is 36.6 Å². The molecule has 0 aromatic heterocycles. The van der Waals surface area contributed by atoms with Gasteiger partial charge < -0.3 is 18.9 Å². The Hall–Kier alpha value is -5.40. The van der Waals surface area contributed by atoms with E-state index >= 15 is 0 Å². The number of carbonyl (C=O) groups is 4. The zero-order valence-corrected chi connectivity index (χ0v) is 40.7. The van der Waals surface area contributed by atoms with Gasteiger partial charge in [-0.15, -0.1) is 0 Å². The lowest BCUT2D eigenvalue weighted by Crippen LogP contribution is -2.62. The van der Waals surface area contributed by atoms with E-state index in [4.69, 9.17) is 28.6 Å². The molecule has 2 aliphatic rings. The Bertz CT molecular complexity index is 2090. The van der Waals surface area contributed by atoms with Gasteiger partial charge in [0.2, 0.25) is 0 Å². The zero-order valence-electron chi connectivity index (χ0n) is 40.7. The standard InChI is InChI=1S/C54H68N2O10/c1-35(39-23-27-41(28-24-39)37(3)65-55-51(5,6)31-45(32-52(55,7)8)63-47(57)43-19-15-13-16-20-43)61-49(59)50(60)62-36(2)40-25-29-42(30-26-40)38(4)66-56-53(9,10)33-46(34-54(56,11)12)64-48(58)44-21-17-14-18-22-44/h13-30,35-38,45-46H,31-34H2,1-12H3. The molecule has 2 heterocycles. The van der Waals surface area contributed by atoms with Crippen LogP contribution in [0.4, 0.5) is 0 Å². The summed E-state index contributed by atoms with van der Waals surface area (Å²) in [6, 6.07) is 33.2. The number of carbonyl (C=O) groups excluding carboxylic acids is 4. The van der Waals surface area contributed by atoms with Gasteiger partial charge in [-0.3, -0.25) is 9.68 Å². The summed E-state index contributed by atoms with van der Waals surface area (Å²) in [7, 11) is 0. The molecule has 0 saturated carbocycles. The van der Waals surface area contributed by atoms with Crippen molar-refractivity contribution in [3.05, 3.63) is 143 Å². The Kier molecular flexibility index (Phi) is 15.3. The zero-order chi connectivity index (χ0) is 48.2. The average Bonchev–Trinajstić information content (AvgIpc) is 3.26. The molecule has 2 saturated heterocycles. The first-order valence-electron chi connectivity index (χ1n) is 23.0. The van der Waals surface area contributed by atoms with Crippen LogP contribution < -0.4 is 0 Å². The number of nitrogens with zero attached hydrogens (tertiary/aromatic N) is 2. The molecule has 0 aliphatic carbocycles. The van der Waals surface area contributed by atoms with Gasteiger partial charge in [0.25, 0.3) is 0 Å². The van der Waals surface area contributed by atoms with Crippen molar-refractivity contribution >= 4 is 23.9 Å². The number of piperidine rings is 2. The molecular formula is C54H68N2O10. The second-order valence-electron chi connectivity index (χ2n) is 20.4. The van der Waals surface area contributed by atoms with E-state index in [1.807, 2.05) is 109 Å². The number of ether oxygens (including phenoxy) is 4. The Labute approximate surface area is 390 Å². The van der Waals surface area contributed by atoms with E-state index in [0.29, 0.717) is 47.9 Å². The molecule has 0 bridgehead atoms. The van der Waals surface area contributed by atoms with Crippen molar-refractivity contribution in [3.63, 3.8) is 0 Å². The maximum absolute atomic E-state index is 12.9. The first-order valence-corrected chi connectivity index (χ1v) is 23.0. The normalized spacial score (nSPS) is 20.2. The van der Waals surface area contributed by atoms with Gasteiger partial charge >= 0.3 is 23.9 Å². The summed E-state index contributed by atoms with van der Waals surface area (Å²) in [5.74, 6) is -2.82. The predicted octanol–water partition coefficient (Wildman–Crippen LogP) is 11.3. The Morgan fingerprint density at radius 3 is 0.955 bits per heavy atom. The Morgan fingerprint density at radius 1 is 0.424 bits per heavy atom. The summed E-state index contributed by atoms with van der Waals surface area (Å²) in [5.41, 5.74) is 2.53. The van der Waals surface area contributed by atoms with Gasteiger partial charge in [-0.2, -0.15) is 10.1 Å². The topological polar surface area (TPSA) is 130 Å². The number of hydrogen-bond acceptors (Lipinski definition) is 12. The van der Waals surface area contributed by atoms with E-state index < -0.39 is 46.3 Å². The minimum Gasteiger partial charge on any atom is -0.459 e. The van der Waals surface area contributed by atoms with E-state index in [-0.39, 0.29) is 36.4 Å². The number of benzene rings is 4. The number of hydroxylamine groups is 4. The van der Waals surface area contributed by atoms with Crippen molar-refractivity contribution in [2.75, 3.05) is 0 Å². The van der Waals surface area contributed by atoms with Crippen molar-refractivity contribution in [3.8, 4) is 0 Å². The van der Waals surface area contributed by atoms with Crippen LogP contribution in [0.15, 0.2) is 109 Å². The van der Waals surface area contributed by atoms with E-state index in [2.05, 4.69) is 55.4 Å². The molecule has 4 unspecified atom stereocenters. The quantitative estimate of drug-likeness (QED) is 0.0678. The molecule has 354 valence electrons. The molecule has 12 heteroatoms. The molecule has 4 atom stereocenters. The highest BCUT2D eigenvalue weighted by Crippen LogP contribution is 2.44. The van der Waals surface area contributed by atoms with Gasteiger partial charge in [0, 0.05) is 47.8 Å². The van der Waals surface area contributed by atoms with Crippen LogP contribution in [0.3, 0.4) is 0 Å². The van der Waals surface area contributed by atoms with E-state index in [0.717, 1.165) is 11.1 Å². The minimum atomic E-state index is -1.08. The number of esters is 4. The van der Waals surface area contributed by atoms with Crippen molar-refractivity contribution < 1.29 is 47.8 Å². The Balaban J connectivity index is 0.970. The van der Waals surface area contributed by atoms with Gasteiger partial charge in [-0.05, 0) is 130 Å². The molecule has 6 rings (SSSR count). The summed E-state index contributed by atoms with van der Waals surface area (Å²) >= 11 is 0. The van der Waals surface area contributed by atoms with Crippen LogP contribution in [0, 0.1) is 0 Å². The summed E-state index contributed by atoms with van der Waals surface area (Å²) < 4.78 is 23.0. The molecular weight excluding hydrogens is 837 g/mol. The second kappa shape index (κ2) is 20.2. The maximum Gasteiger partial charge on any atom is 0.418 e. The Morgan fingerprint density at radius 2 is 0.682 bits per heavy atom. The monoisotopic (exact) mass is 904 g/mol. The predicted molar refractivity (Wildman–Crippen MR) is 251 cm³/mol. The lowest BCUT2D eigenvalue weighted by atomic mass is 9.80. The van der Waals surface area contributed by atoms with Crippen molar-refractivity contribution in [2.45, 2.75) is 168 Å². The third-order valence-electron chi connectivity index (χ3n) is 12.7. The first-order chi connectivity index (χ1) is 31.0. The smallest absolute Gasteiger partial charge is 0.418 e. The maximum atomic E-state index is 12.9. The van der Waals surface area contributed by atoms with Crippen molar-refractivity contribution in [1.82, 2.24) is 10.1 Å². The lowest BCUT2D eigenvalue weighted by Gasteiger charge is -2.54. The third kappa shape index (κ3) is 12.1. The highest BCUT2D eigenvalue weighted by molar-refractivity contribution is 6.29. The van der Waals surface area contributed by atoms with Gasteiger partial charge in [-0.25, -0.2) is 19.2 Å². The second-order valence-corrected chi connectivity index (χ2v) is 20.4. The van der Waals surface area contributed by atoms with Crippen LogP contribution in [0.2, 0.25) is 0 Å². The van der Waals surface area contributed by atoms with Gasteiger partial charge in [-0.1, -0.05) is 84.9 Å². The molecule has 0 spiro atoms. The first kappa shape index (κ1) is 50.0. The fourth-order valence-corrected chi connectivity index (χ4v) is 9.74. The van der Waals surface area contributed by atoms with E-state index in [1.165, 1.54) is 0 Å². The van der Waals surface area contributed by atoms with Gasteiger partial charge in [0.15, 0.2) is 0 Å². The summed E-state index contributed by atoms with van der Waals surface area (Å²) in [5, 5.41) is 4.04. The molecule has 2 aliphatic heterocycles. The molecule has 0 N–H and O–H groups in total. The van der Waals surface area contributed by atoms with Crippen LogP contribution in [0.5, 0.6) is 0 Å². The van der Waals surface area contributed by atoms with E-state index in [9.17, 15) is 19.2 Å². The molecule has 4 aromatic carbocycles. The highest BCUT2D eigenvalue weighted by Gasteiger charge is 2.50. The van der Waals surface area contributed by atoms with Crippen LogP contribution >= 0.6 is 0 Å². The van der Waals surface area contributed by atoms with Crippen molar-refractivity contribution in [1.29, 1.82) is 0 Å². The molecule has 2 fully saturated rings. The van der Waals surface area contributed by atoms with Crippen LogP contribution in [0.25, 0.3) is 0 Å². The highest BCUT2D eigenvalue weighted by atomic mass is 16.7. The average molecular weight is 905 g/mol. The van der Waals surface area contributed by atoms with Crippen LogP contribution in [-0.2, 0) is 38.2 Å². The molecule has 66 heavy (non-hydrogen) atoms.